The van der Waals surface area contributed by atoms with Gasteiger partial charge in [0, 0.05) is 10.4 Å². The molecule has 0 atom stereocenters. The van der Waals surface area contributed by atoms with Gasteiger partial charge in [0.25, 0.3) is 0 Å². The molecule has 0 radical (unpaired) electrons. The number of hydrogen-bond acceptors (Lipinski definition) is 2. The first-order valence-corrected chi connectivity index (χ1v) is 5.48. The Kier molecular flexibility index (Phi) is 2.09. The number of pyridine rings is 1. The molecule has 3 aromatic rings. The van der Waals surface area contributed by atoms with Crippen LogP contribution < -0.4 is 5.43 Å². The summed E-state index contributed by atoms with van der Waals surface area (Å²) in [5.41, 5.74) is 0.828. The van der Waals surface area contributed by atoms with Crippen LogP contribution in [0.2, 0.25) is 5.02 Å². The quantitative estimate of drug-likeness (QED) is 0.489. The van der Waals surface area contributed by atoms with E-state index < -0.39 is 0 Å². The van der Waals surface area contributed by atoms with Crippen LogP contribution in [-0.2, 0) is 0 Å². The molecule has 1 N–H and O–H groups in total. The van der Waals surface area contributed by atoms with Crippen LogP contribution in [0.3, 0.4) is 0 Å². The molecule has 0 aliphatic rings. The number of halogens is 1. The zero-order chi connectivity index (χ0) is 12.0. The minimum atomic E-state index is -0.122. The van der Waals surface area contributed by atoms with Crippen LogP contribution in [0, 0.1) is 0 Å². The Hall–Kier alpha value is -2.00. The van der Waals surface area contributed by atoms with Gasteiger partial charge in [-0.15, -0.1) is 0 Å². The zero-order valence-corrected chi connectivity index (χ0v) is 9.48. The third-order valence-electron chi connectivity index (χ3n) is 2.81. The molecule has 3 nitrogen and oxygen atoms in total. The van der Waals surface area contributed by atoms with Crippen molar-refractivity contribution in [2.75, 3.05) is 0 Å². The van der Waals surface area contributed by atoms with E-state index in [2.05, 4.69) is 0 Å². The second-order valence-corrected chi connectivity index (χ2v) is 4.26. The molecule has 0 amide bonds. The number of hydrogen-bond donors (Lipinski definition) is 1. The Morgan fingerprint density at radius 1 is 1.00 bits per heavy atom. The molecule has 0 saturated carbocycles. The van der Waals surface area contributed by atoms with E-state index >= 15 is 0 Å². The second kappa shape index (κ2) is 3.50. The van der Waals surface area contributed by atoms with Crippen molar-refractivity contribution in [1.29, 1.82) is 0 Å². The van der Waals surface area contributed by atoms with Gasteiger partial charge in [-0.3, -0.25) is 4.79 Å². The predicted octanol–water partition coefficient (Wildman–Crippen LogP) is 3.05. The van der Waals surface area contributed by atoms with E-state index in [4.69, 9.17) is 11.6 Å². The van der Waals surface area contributed by atoms with Gasteiger partial charge in [-0.25, -0.2) is 0 Å². The third kappa shape index (κ3) is 1.40. The summed E-state index contributed by atoms with van der Waals surface area (Å²) >= 11 is 5.86. The van der Waals surface area contributed by atoms with Gasteiger partial charge < -0.3 is 5.21 Å². The Labute approximate surface area is 101 Å². The molecule has 2 aromatic carbocycles. The van der Waals surface area contributed by atoms with Crippen LogP contribution in [-0.4, -0.2) is 9.94 Å². The molecule has 4 heteroatoms. The number of fused-ring (bicyclic) bond motifs is 2. The van der Waals surface area contributed by atoms with E-state index in [9.17, 15) is 10.0 Å². The number of aromatic nitrogens is 1. The van der Waals surface area contributed by atoms with Gasteiger partial charge in [0.05, 0.1) is 16.4 Å². The molecule has 0 fully saturated rings. The molecule has 0 aliphatic carbocycles. The highest BCUT2D eigenvalue weighted by Gasteiger charge is 2.09. The van der Waals surface area contributed by atoms with Crippen LogP contribution in [0.4, 0.5) is 0 Å². The standard InChI is InChI=1S/C13H8ClNO2/c14-8-5-6-12-10(7-8)13(16)9-3-1-2-4-11(9)15(12)17/h1-7,17H. The molecule has 0 unspecified atom stereocenters. The summed E-state index contributed by atoms with van der Waals surface area (Å²) in [6.07, 6.45) is 0. The highest BCUT2D eigenvalue weighted by molar-refractivity contribution is 6.31. The van der Waals surface area contributed by atoms with Crippen molar-refractivity contribution in [2.24, 2.45) is 0 Å². The molecule has 0 bridgehead atoms. The topological polar surface area (TPSA) is 42.2 Å². The second-order valence-electron chi connectivity index (χ2n) is 3.82. The lowest BCUT2D eigenvalue weighted by Gasteiger charge is -2.08. The minimum absolute atomic E-state index is 0.122. The minimum Gasteiger partial charge on any atom is -0.428 e. The van der Waals surface area contributed by atoms with Crippen molar-refractivity contribution in [3.63, 3.8) is 0 Å². The lowest BCUT2D eigenvalue weighted by Crippen LogP contribution is -2.09. The number of para-hydroxylation sites is 1. The molecular formula is C13H8ClNO2. The van der Waals surface area contributed by atoms with Crippen molar-refractivity contribution in [2.45, 2.75) is 0 Å². The maximum absolute atomic E-state index is 12.2. The van der Waals surface area contributed by atoms with Gasteiger partial charge in [-0.2, -0.15) is 4.73 Å². The summed E-state index contributed by atoms with van der Waals surface area (Å²) < 4.78 is 1.02. The Morgan fingerprint density at radius 2 is 1.71 bits per heavy atom. The molecule has 0 aliphatic heterocycles. The maximum Gasteiger partial charge on any atom is 0.197 e. The third-order valence-corrected chi connectivity index (χ3v) is 3.04. The molecule has 0 saturated heterocycles. The van der Waals surface area contributed by atoms with Crippen molar-refractivity contribution in [3.05, 3.63) is 57.7 Å². The normalized spacial score (nSPS) is 11.1. The van der Waals surface area contributed by atoms with Crippen molar-refractivity contribution in [1.82, 2.24) is 4.73 Å². The van der Waals surface area contributed by atoms with Gasteiger partial charge in [0.15, 0.2) is 5.43 Å². The van der Waals surface area contributed by atoms with Crippen LogP contribution in [0.25, 0.3) is 21.8 Å². The van der Waals surface area contributed by atoms with Gasteiger partial charge >= 0.3 is 0 Å². The van der Waals surface area contributed by atoms with Crippen molar-refractivity contribution < 1.29 is 5.21 Å². The molecule has 3 rings (SSSR count). The summed E-state index contributed by atoms with van der Waals surface area (Å²) in [6, 6.07) is 11.8. The van der Waals surface area contributed by atoms with E-state index in [0.29, 0.717) is 26.8 Å². The monoisotopic (exact) mass is 245 g/mol. The SMILES string of the molecule is O=c1c2ccccc2n(O)c2ccc(Cl)cc12. The van der Waals surface area contributed by atoms with Gasteiger partial charge in [0.1, 0.15) is 0 Å². The van der Waals surface area contributed by atoms with Gasteiger partial charge in [-0.05, 0) is 30.3 Å². The Balaban J connectivity index is 2.68. The average molecular weight is 246 g/mol. The van der Waals surface area contributed by atoms with E-state index in [1.807, 2.05) is 0 Å². The Bertz CT molecular complexity index is 792. The van der Waals surface area contributed by atoms with Crippen LogP contribution >= 0.6 is 11.6 Å². The molecule has 84 valence electrons. The average Bonchev–Trinajstić information content (AvgIpc) is 2.36. The van der Waals surface area contributed by atoms with Crippen molar-refractivity contribution in [3.8, 4) is 0 Å². The largest absolute Gasteiger partial charge is 0.428 e. The number of benzene rings is 2. The molecular weight excluding hydrogens is 238 g/mol. The van der Waals surface area contributed by atoms with E-state index in [1.165, 1.54) is 0 Å². The van der Waals surface area contributed by atoms with E-state index in [1.54, 1.807) is 42.5 Å². The lowest BCUT2D eigenvalue weighted by atomic mass is 10.1. The van der Waals surface area contributed by atoms with E-state index in [0.717, 1.165) is 4.73 Å². The van der Waals surface area contributed by atoms with Gasteiger partial charge in [-0.1, -0.05) is 23.7 Å². The molecule has 1 aromatic heterocycles. The summed E-state index contributed by atoms with van der Waals surface area (Å²) in [4.78, 5) is 12.2. The summed E-state index contributed by atoms with van der Waals surface area (Å²) in [5, 5.41) is 11.4. The first kappa shape index (κ1) is 10.2. The van der Waals surface area contributed by atoms with E-state index in [-0.39, 0.29) is 5.43 Å². The number of rotatable bonds is 0. The van der Waals surface area contributed by atoms with Crippen LogP contribution in [0.5, 0.6) is 0 Å². The fraction of sp³-hybridized carbons (Fsp3) is 0. The van der Waals surface area contributed by atoms with Crippen LogP contribution in [0.1, 0.15) is 0 Å². The molecule has 17 heavy (non-hydrogen) atoms. The summed E-state index contributed by atoms with van der Waals surface area (Å²) in [7, 11) is 0. The number of nitrogens with zero attached hydrogens (tertiary/aromatic N) is 1. The zero-order valence-electron chi connectivity index (χ0n) is 8.72. The Morgan fingerprint density at radius 3 is 2.53 bits per heavy atom. The van der Waals surface area contributed by atoms with Crippen molar-refractivity contribution >= 4 is 33.4 Å². The summed E-state index contributed by atoms with van der Waals surface area (Å²) in [6.45, 7) is 0. The highest BCUT2D eigenvalue weighted by atomic mass is 35.5. The first-order chi connectivity index (χ1) is 8.18. The molecule has 0 spiro atoms. The molecule has 1 heterocycles. The van der Waals surface area contributed by atoms with Gasteiger partial charge in [0.2, 0.25) is 0 Å². The first-order valence-electron chi connectivity index (χ1n) is 5.11. The fourth-order valence-corrected chi connectivity index (χ4v) is 2.17. The predicted molar refractivity (Wildman–Crippen MR) is 67.9 cm³/mol. The lowest BCUT2D eigenvalue weighted by molar-refractivity contribution is 0.211. The summed E-state index contributed by atoms with van der Waals surface area (Å²) in [5.74, 6) is 0. The fourth-order valence-electron chi connectivity index (χ4n) is 2.00. The maximum atomic E-state index is 12.2. The van der Waals surface area contributed by atoms with Crippen LogP contribution in [0.15, 0.2) is 47.3 Å². The highest BCUT2D eigenvalue weighted by Crippen LogP contribution is 2.20. The smallest absolute Gasteiger partial charge is 0.197 e.